The van der Waals surface area contributed by atoms with E-state index in [9.17, 15) is 0 Å². The fourth-order valence-electron chi connectivity index (χ4n) is 6.81. The van der Waals surface area contributed by atoms with Crippen molar-refractivity contribution in [1.29, 1.82) is 0 Å². The first kappa shape index (κ1) is 28.8. The fraction of sp³-hybridized carbons (Fsp3) is 0.429. The number of aromatic amines is 2. The number of hydrogen-bond acceptors (Lipinski definition) is 7. The number of benzene rings is 2. The Morgan fingerprint density at radius 2 is 1.20 bits per heavy atom. The summed E-state index contributed by atoms with van der Waals surface area (Å²) in [5.74, 6) is 5.26. The summed E-state index contributed by atoms with van der Waals surface area (Å²) < 4.78 is 11.8. The van der Waals surface area contributed by atoms with Crippen molar-refractivity contribution in [1.82, 2.24) is 30.2 Å². The zero-order valence-electron chi connectivity index (χ0n) is 26.2. The maximum Gasteiger partial charge on any atom is 0.141 e. The van der Waals surface area contributed by atoms with Gasteiger partial charge in [-0.1, -0.05) is 23.2 Å². The van der Waals surface area contributed by atoms with Gasteiger partial charge in [-0.05, 0) is 124 Å². The van der Waals surface area contributed by atoms with E-state index in [1.165, 1.54) is 54.9 Å². The van der Waals surface area contributed by atoms with Crippen LogP contribution in [-0.2, 0) is 0 Å². The molecule has 0 radical (unpaired) electrons. The van der Waals surface area contributed by atoms with Crippen molar-refractivity contribution in [3.05, 3.63) is 62.4 Å². The smallest absolute Gasteiger partial charge is 0.141 e. The number of hydrogen-bond donors (Lipinski definition) is 3. The van der Waals surface area contributed by atoms with Gasteiger partial charge in [-0.25, -0.2) is 9.97 Å². The van der Waals surface area contributed by atoms with Crippen molar-refractivity contribution in [2.75, 3.05) is 5.32 Å². The summed E-state index contributed by atoms with van der Waals surface area (Å²) >= 11 is 2.36. The zero-order valence-corrected chi connectivity index (χ0v) is 28.3. The zero-order chi connectivity index (χ0) is 30.8. The lowest BCUT2D eigenvalue weighted by atomic mass is 10.0. The molecule has 3 N–H and O–H groups in total. The number of aryl methyl sites for hydroxylation is 4. The first-order chi connectivity index (χ1) is 21.8. The highest BCUT2D eigenvalue weighted by Crippen LogP contribution is 2.42. The van der Waals surface area contributed by atoms with Gasteiger partial charge in [-0.3, -0.25) is 0 Å². The van der Waals surface area contributed by atoms with Crippen LogP contribution in [0.1, 0.15) is 97.8 Å². The van der Waals surface area contributed by atoms with E-state index in [-0.39, 0.29) is 0 Å². The first-order valence-electron chi connectivity index (χ1n) is 16.2. The molecule has 3 aliphatic rings. The summed E-state index contributed by atoms with van der Waals surface area (Å²) in [6.07, 6.45) is 10.1. The van der Waals surface area contributed by atoms with E-state index < -0.39 is 0 Å². The molecule has 0 unspecified atom stereocenters. The number of nitrogens with one attached hydrogen (secondary N) is 3. The van der Waals surface area contributed by atoms with Crippen LogP contribution >= 0.6 is 22.6 Å². The van der Waals surface area contributed by atoms with Gasteiger partial charge in [-0.15, -0.1) is 0 Å². The number of rotatable bonds is 6. The van der Waals surface area contributed by atoms with Crippen LogP contribution in [0.15, 0.2) is 33.3 Å². The molecule has 0 spiro atoms. The Kier molecular flexibility index (Phi) is 7.22. The summed E-state index contributed by atoms with van der Waals surface area (Å²) in [6, 6.07) is 9.30. The molecule has 0 atom stereocenters. The second-order valence-corrected chi connectivity index (χ2v) is 14.3. The summed E-state index contributed by atoms with van der Waals surface area (Å²) in [5, 5.41) is 11.9. The van der Waals surface area contributed by atoms with Crippen molar-refractivity contribution in [3.8, 4) is 22.3 Å². The second-order valence-electron chi connectivity index (χ2n) is 13.1. The van der Waals surface area contributed by atoms with Gasteiger partial charge < -0.3 is 24.3 Å². The van der Waals surface area contributed by atoms with E-state index in [4.69, 9.17) is 19.0 Å². The number of aromatic nitrogens is 6. The molecule has 9 nitrogen and oxygen atoms in total. The van der Waals surface area contributed by atoms with Gasteiger partial charge in [0.1, 0.15) is 34.2 Å². The largest absolute Gasteiger partial charge is 0.380 e. The minimum absolute atomic E-state index is 0.559. The average Bonchev–Trinajstić information content (AvgIpc) is 3.79. The Hall–Kier alpha value is -3.67. The van der Waals surface area contributed by atoms with Crippen molar-refractivity contribution in [2.24, 2.45) is 0 Å². The monoisotopic (exact) mass is 715 g/mol. The lowest BCUT2D eigenvalue weighted by molar-refractivity contribution is 0.393. The molecule has 0 aliphatic heterocycles. The van der Waals surface area contributed by atoms with E-state index >= 15 is 0 Å². The summed E-state index contributed by atoms with van der Waals surface area (Å²) in [7, 11) is 0. The Labute approximate surface area is 275 Å². The molecule has 45 heavy (non-hydrogen) atoms. The Balaban J connectivity index is 0.000000137. The third kappa shape index (κ3) is 5.55. The molecular formula is C35H38IN7O2. The van der Waals surface area contributed by atoms with E-state index in [0.29, 0.717) is 17.9 Å². The van der Waals surface area contributed by atoms with Gasteiger partial charge in [0.05, 0.1) is 28.1 Å². The van der Waals surface area contributed by atoms with Crippen molar-refractivity contribution >= 4 is 50.3 Å². The van der Waals surface area contributed by atoms with Crippen molar-refractivity contribution in [3.63, 3.8) is 0 Å². The van der Waals surface area contributed by atoms with Crippen LogP contribution in [0, 0.1) is 31.3 Å². The molecule has 3 fully saturated rings. The molecule has 2 aromatic carbocycles. The number of imidazole rings is 2. The third-order valence-corrected chi connectivity index (χ3v) is 10.3. The van der Waals surface area contributed by atoms with Crippen LogP contribution in [-0.4, -0.2) is 36.3 Å². The second kappa shape index (κ2) is 11.3. The van der Waals surface area contributed by atoms with Gasteiger partial charge in [-0.2, -0.15) is 0 Å². The molecule has 9 rings (SSSR count). The molecule has 4 heterocycles. The molecule has 3 aliphatic carbocycles. The van der Waals surface area contributed by atoms with Crippen LogP contribution in [0.4, 0.5) is 5.69 Å². The minimum Gasteiger partial charge on any atom is -0.380 e. The van der Waals surface area contributed by atoms with Crippen LogP contribution in [0.2, 0.25) is 0 Å². The molecule has 0 saturated heterocycles. The van der Waals surface area contributed by atoms with Gasteiger partial charge in [0.15, 0.2) is 0 Å². The standard InChI is InChI=1S/C20H24N4O.C15H14IN3O/c1-11-18(12(2)25-24-11)14-9-16(21-15-5-3-4-6-15)19-17(10-14)22-20(23-19)13-7-8-13;1-7-13(8(2)20-19-7)10-5-11(16)14-12(6-10)17-15(18-14)9-3-4-9/h9-10,13,15,21H,3-8H2,1-2H3,(H,22,23);5-6,9H,3-4H2,1-2H3,(H,17,18). The molecule has 10 heteroatoms. The van der Waals surface area contributed by atoms with Crippen LogP contribution in [0.3, 0.4) is 0 Å². The highest BCUT2D eigenvalue weighted by atomic mass is 127. The Bertz CT molecular complexity index is 2000. The topological polar surface area (TPSA) is 121 Å². The predicted molar refractivity (Wildman–Crippen MR) is 185 cm³/mol. The van der Waals surface area contributed by atoms with Crippen LogP contribution in [0.5, 0.6) is 0 Å². The number of halogens is 1. The van der Waals surface area contributed by atoms with Gasteiger partial charge in [0, 0.05) is 32.6 Å². The van der Waals surface area contributed by atoms with E-state index in [2.05, 4.69) is 72.5 Å². The first-order valence-corrected chi connectivity index (χ1v) is 17.3. The fourth-order valence-corrected chi connectivity index (χ4v) is 7.56. The van der Waals surface area contributed by atoms with E-state index in [0.717, 1.165) is 84.6 Å². The number of H-pyrrole nitrogens is 2. The van der Waals surface area contributed by atoms with E-state index in [1.54, 1.807) is 0 Å². The number of anilines is 1. The molecule has 3 saturated carbocycles. The summed E-state index contributed by atoms with van der Waals surface area (Å²) in [4.78, 5) is 16.7. The van der Waals surface area contributed by atoms with Gasteiger partial charge in [0.25, 0.3) is 0 Å². The normalized spacial score (nSPS) is 16.9. The SMILES string of the molecule is Cc1noc(C)c1-c1cc(I)c2nc(C3CC3)[nH]c2c1.Cc1noc(C)c1-c1cc(NC2CCCC2)c2nc(C3CC3)[nH]c2c1. The number of nitrogens with zero attached hydrogens (tertiary/aromatic N) is 4. The third-order valence-electron chi connectivity index (χ3n) is 9.45. The molecule has 232 valence electrons. The molecule has 0 bridgehead atoms. The van der Waals surface area contributed by atoms with E-state index in [1.807, 2.05) is 27.7 Å². The Morgan fingerprint density at radius 3 is 1.71 bits per heavy atom. The minimum atomic E-state index is 0.559. The van der Waals surface area contributed by atoms with Crippen molar-refractivity contribution in [2.45, 2.75) is 96.9 Å². The summed E-state index contributed by atoms with van der Waals surface area (Å²) in [6.45, 7) is 7.91. The quantitative estimate of drug-likeness (QED) is 0.147. The van der Waals surface area contributed by atoms with Gasteiger partial charge in [0.2, 0.25) is 0 Å². The highest BCUT2D eigenvalue weighted by Gasteiger charge is 2.29. The Morgan fingerprint density at radius 1 is 0.689 bits per heavy atom. The highest BCUT2D eigenvalue weighted by molar-refractivity contribution is 14.1. The van der Waals surface area contributed by atoms with Crippen molar-refractivity contribution < 1.29 is 9.05 Å². The van der Waals surface area contributed by atoms with Crippen LogP contribution < -0.4 is 5.32 Å². The summed E-state index contributed by atoms with van der Waals surface area (Å²) in [5.41, 5.74) is 11.8. The molecule has 4 aromatic heterocycles. The average molecular weight is 716 g/mol. The molecule has 0 amide bonds. The maximum atomic E-state index is 5.39. The molecule has 6 aromatic rings. The predicted octanol–water partition coefficient (Wildman–Crippen LogP) is 9.38. The van der Waals surface area contributed by atoms with Crippen LogP contribution in [0.25, 0.3) is 44.3 Å². The lowest BCUT2D eigenvalue weighted by Gasteiger charge is -2.15. The van der Waals surface area contributed by atoms with Gasteiger partial charge >= 0.3 is 0 Å². The number of fused-ring (bicyclic) bond motifs is 2. The maximum absolute atomic E-state index is 5.39. The lowest BCUT2D eigenvalue weighted by Crippen LogP contribution is -2.14. The molecular weight excluding hydrogens is 677 g/mol.